The molecule has 30 heavy (non-hydrogen) atoms. The maximum atomic E-state index is 12.5. The molecule has 0 heterocycles. The Bertz CT molecular complexity index is 1140. The SMILES string of the molecule is CCC(Oc1ccc2ccccc2c1Br)C(=O)N/N=C/c1ccc(Cl)c([N+](=O)[O-])c1. The van der Waals surface area contributed by atoms with Crippen molar-refractivity contribution in [2.45, 2.75) is 19.4 Å². The third-order valence-corrected chi connectivity index (χ3v) is 5.45. The number of rotatable bonds is 7. The van der Waals surface area contributed by atoms with Crippen LogP contribution in [0.4, 0.5) is 5.69 Å². The molecule has 0 spiro atoms. The molecule has 3 rings (SSSR count). The van der Waals surface area contributed by atoms with Gasteiger partial charge < -0.3 is 4.74 Å². The first-order valence-electron chi connectivity index (χ1n) is 9.01. The number of ether oxygens (including phenoxy) is 1. The van der Waals surface area contributed by atoms with Crippen molar-refractivity contribution in [1.82, 2.24) is 5.43 Å². The molecule has 0 saturated carbocycles. The Kier molecular flexibility index (Phi) is 7.02. The number of nitrogens with one attached hydrogen (secondary N) is 1. The molecule has 0 bridgehead atoms. The van der Waals surface area contributed by atoms with Crippen LogP contribution in [0.1, 0.15) is 18.9 Å². The van der Waals surface area contributed by atoms with E-state index in [1.165, 1.54) is 18.3 Å². The van der Waals surface area contributed by atoms with E-state index in [0.717, 1.165) is 15.2 Å². The summed E-state index contributed by atoms with van der Waals surface area (Å²) in [5.74, 6) is 0.116. The summed E-state index contributed by atoms with van der Waals surface area (Å²) in [6.45, 7) is 1.82. The van der Waals surface area contributed by atoms with Gasteiger partial charge in [0.2, 0.25) is 0 Å². The van der Waals surface area contributed by atoms with Gasteiger partial charge in [-0.15, -0.1) is 0 Å². The molecule has 0 fully saturated rings. The minimum atomic E-state index is -0.765. The largest absolute Gasteiger partial charge is 0.479 e. The molecular formula is C21H17BrClN3O4. The van der Waals surface area contributed by atoms with Gasteiger partial charge in [-0.25, -0.2) is 5.43 Å². The van der Waals surface area contributed by atoms with Gasteiger partial charge in [-0.05, 0) is 45.3 Å². The van der Waals surface area contributed by atoms with Crippen LogP contribution in [-0.2, 0) is 4.79 Å². The third kappa shape index (κ3) is 4.95. The molecule has 0 aliphatic heterocycles. The Morgan fingerprint density at radius 3 is 2.80 bits per heavy atom. The number of nitro benzene ring substituents is 1. The Morgan fingerprint density at radius 2 is 2.07 bits per heavy atom. The van der Waals surface area contributed by atoms with Crippen LogP contribution < -0.4 is 10.2 Å². The summed E-state index contributed by atoms with van der Waals surface area (Å²) in [7, 11) is 0. The lowest BCUT2D eigenvalue weighted by atomic mass is 10.1. The lowest BCUT2D eigenvalue weighted by Gasteiger charge is -2.17. The molecule has 0 saturated heterocycles. The summed E-state index contributed by atoms with van der Waals surface area (Å²) in [5, 5.41) is 16.9. The molecule has 1 atom stereocenters. The summed E-state index contributed by atoms with van der Waals surface area (Å²) < 4.78 is 6.66. The Hall–Kier alpha value is -2.97. The topological polar surface area (TPSA) is 93.8 Å². The van der Waals surface area contributed by atoms with Crippen molar-refractivity contribution in [2.24, 2.45) is 5.10 Å². The number of amides is 1. The second-order valence-corrected chi connectivity index (χ2v) is 7.52. The first-order chi connectivity index (χ1) is 14.4. The van der Waals surface area contributed by atoms with E-state index in [-0.39, 0.29) is 10.7 Å². The van der Waals surface area contributed by atoms with Crippen LogP contribution >= 0.6 is 27.5 Å². The molecule has 0 aromatic heterocycles. The van der Waals surface area contributed by atoms with Gasteiger partial charge in [0, 0.05) is 11.6 Å². The molecule has 0 aliphatic rings. The first-order valence-corrected chi connectivity index (χ1v) is 10.2. The number of hydrogen-bond acceptors (Lipinski definition) is 5. The first kappa shape index (κ1) is 21.7. The highest BCUT2D eigenvalue weighted by molar-refractivity contribution is 9.10. The number of nitro groups is 1. The zero-order valence-electron chi connectivity index (χ0n) is 15.8. The molecule has 3 aromatic rings. The number of halogens is 2. The van der Waals surface area contributed by atoms with Crippen LogP contribution in [0, 0.1) is 10.1 Å². The van der Waals surface area contributed by atoms with Crippen molar-refractivity contribution < 1.29 is 14.5 Å². The molecule has 154 valence electrons. The highest BCUT2D eigenvalue weighted by Crippen LogP contribution is 2.33. The van der Waals surface area contributed by atoms with E-state index in [1.807, 2.05) is 37.3 Å². The zero-order chi connectivity index (χ0) is 21.7. The van der Waals surface area contributed by atoms with Gasteiger partial charge in [-0.2, -0.15) is 5.10 Å². The molecule has 1 N–H and O–H groups in total. The third-order valence-electron chi connectivity index (χ3n) is 4.32. The lowest BCUT2D eigenvalue weighted by Crippen LogP contribution is -2.35. The molecule has 3 aromatic carbocycles. The van der Waals surface area contributed by atoms with Gasteiger partial charge in [0.15, 0.2) is 6.10 Å². The summed E-state index contributed by atoms with van der Waals surface area (Å²) in [6, 6.07) is 15.8. The lowest BCUT2D eigenvalue weighted by molar-refractivity contribution is -0.384. The van der Waals surface area contributed by atoms with Gasteiger partial charge in [-0.3, -0.25) is 14.9 Å². The number of carbonyl (C=O) groups excluding carboxylic acids is 1. The van der Waals surface area contributed by atoms with Crippen molar-refractivity contribution in [3.8, 4) is 5.75 Å². The smallest absolute Gasteiger partial charge is 0.288 e. The molecule has 1 unspecified atom stereocenters. The fourth-order valence-corrected chi connectivity index (χ4v) is 3.55. The van der Waals surface area contributed by atoms with Crippen LogP contribution in [0.15, 0.2) is 64.2 Å². The highest BCUT2D eigenvalue weighted by atomic mass is 79.9. The van der Waals surface area contributed by atoms with E-state index in [9.17, 15) is 14.9 Å². The van der Waals surface area contributed by atoms with Crippen molar-refractivity contribution in [3.05, 3.63) is 79.8 Å². The molecule has 7 nitrogen and oxygen atoms in total. The van der Waals surface area contributed by atoms with Crippen molar-refractivity contribution in [3.63, 3.8) is 0 Å². The summed E-state index contributed by atoms with van der Waals surface area (Å²) in [4.78, 5) is 22.8. The summed E-state index contributed by atoms with van der Waals surface area (Å²) in [6.07, 6.45) is 0.964. The standard InChI is InChI=1S/C21H17BrClN3O4/c1-2-18(30-19-10-8-14-5-3-4-6-15(14)20(19)22)21(27)25-24-12-13-7-9-16(23)17(11-13)26(28)29/h3-12,18H,2H2,1H3,(H,25,27)/b24-12+. The van der Waals surface area contributed by atoms with Gasteiger partial charge in [0.05, 0.1) is 15.6 Å². The van der Waals surface area contributed by atoms with E-state index in [4.69, 9.17) is 16.3 Å². The maximum Gasteiger partial charge on any atom is 0.288 e. The second-order valence-electron chi connectivity index (χ2n) is 6.32. The van der Waals surface area contributed by atoms with E-state index in [0.29, 0.717) is 17.7 Å². The molecular weight excluding hydrogens is 474 g/mol. The minimum absolute atomic E-state index is 0.0293. The number of hydrazone groups is 1. The predicted octanol–water partition coefficient (Wildman–Crippen LogP) is 5.47. The normalized spacial score (nSPS) is 12.1. The molecule has 9 heteroatoms. The quantitative estimate of drug-likeness (QED) is 0.270. The summed E-state index contributed by atoms with van der Waals surface area (Å²) >= 11 is 9.33. The van der Waals surface area contributed by atoms with E-state index in [1.54, 1.807) is 12.1 Å². The summed E-state index contributed by atoms with van der Waals surface area (Å²) in [5.41, 5.74) is 2.60. The van der Waals surface area contributed by atoms with Gasteiger partial charge in [-0.1, -0.05) is 54.9 Å². The molecule has 0 radical (unpaired) electrons. The number of fused-ring (bicyclic) bond motifs is 1. The number of carbonyl (C=O) groups is 1. The van der Waals surface area contributed by atoms with E-state index >= 15 is 0 Å². The van der Waals surface area contributed by atoms with Crippen LogP contribution in [0.5, 0.6) is 5.75 Å². The number of nitrogens with zero attached hydrogens (tertiary/aromatic N) is 2. The number of benzene rings is 3. The van der Waals surface area contributed by atoms with Crippen LogP contribution in [-0.4, -0.2) is 23.1 Å². The van der Waals surface area contributed by atoms with Crippen molar-refractivity contribution >= 4 is 56.1 Å². The molecule has 0 aliphatic carbocycles. The van der Waals surface area contributed by atoms with Crippen molar-refractivity contribution in [1.29, 1.82) is 0 Å². The Labute approximate surface area is 186 Å². The number of hydrogen-bond donors (Lipinski definition) is 1. The van der Waals surface area contributed by atoms with Gasteiger partial charge in [0.1, 0.15) is 10.8 Å². The fourth-order valence-electron chi connectivity index (χ4n) is 2.77. The average molecular weight is 491 g/mol. The molecule has 1 amide bonds. The maximum absolute atomic E-state index is 12.5. The predicted molar refractivity (Wildman–Crippen MR) is 120 cm³/mol. The van der Waals surface area contributed by atoms with Crippen LogP contribution in [0.25, 0.3) is 10.8 Å². The van der Waals surface area contributed by atoms with Crippen LogP contribution in [0.2, 0.25) is 5.02 Å². The van der Waals surface area contributed by atoms with E-state index < -0.39 is 16.9 Å². The minimum Gasteiger partial charge on any atom is -0.479 e. The van der Waals surface area contributed by atoms with Crippen molar-refractivity contribution in [2.75, 3.05) is 0 Å². The van der Waals surface area contributed by atoms with Gasteiger partial charge in [0.25, 0.3) is 11.6 Å². The van der Waals surface area contributed by atoms with E-state index in [2.05, 4.69) is 26.5 Å². The van der Waals surface area contributed by atoms with Gasteiger partial charge >= 0.3 is 0 Å². The fraction of sp³-hybridized carbons (Fsp3) is 0.143. The second kappa shape index (κ2) is 9.69. The van der Waals surface area contributed by atoms with Crippen LogP contribution in [0.3, 0.4) is 0 Å². The highest BCUT2D eigenvalue weighted by Gasteiger charge is 2.20. The zero-order valence-corrected chi connectivity index (χ0v) is 18.2. The Morgan fingerprint density at radius 1 is 1.30 bits per heavy atom. The monoisotopic (exact) mass is 489 g/mol. The average Bonchev–Trinajstić information content (AvgIpc) is 2.74. The Balaban J connectivity index is 1.70.